The summed E-state index contributed by atoms with van der Waals surface area (Å²) in [5, 5.41) is 6.35. The van der Waals surface area contributed by atoms with Crippen LogP contribution in [0.2, 0.25) is 0 Å². The molecule has 2 atom stereocenters. The maximum absolute atomic E-state index is 12.6. The van der Waals surface area contributed by atoms with Gasteiger partial charge in [0.1, 0.15) is 0 Å². The smallest absolute Gasteiger partial charge is 0.224 e. The SMILES string of the molecule is CCCNC(=O)C1CCCN(C(=O)CC(C)C2CCNCC2)C1.Cl. The lowest BCUT2D eigenvalue weighted by Gasteiger charge is -2.34. The lowest BCUT2D eigenvalue weighted by atomic mass is 9.83. The van der Waals surface area contributed by atoms with Gasteiger partial charge in [-0.2, -0.15) is 0 Å². The summed E-state index contributed by atoms with van der Waals surface area (Å²) in [7, 11) is 0. The standard InChI is InChI=1S/C18H33N3O2.ClH/c1-3-8-20-18(23)16-5-4-11-21(13-16)17(22)12-14(2)15-6-9-19-10-7-15;/h14-16,19H,3-13H2,1-2H3,(H,20,23);1H. The second-order valence-electron chi connectivity index (χ2n) is 7.24. The number of likely N-dealkylation sites (tertiary alicyclic amines) is 1. The van der Waals surface area contributed by atoms with Crippen LogP contribution in [0.25, 0.3) is 0 Å². The molecule has 0 aromatic heterocycles. The molecule has 2 rings (SSSR count). The maximum Gasteiger partial charge on any atom is 0.224 e. The predicted molar refractivity (Wildman–Crippen MR) is 99.2 cm³/mol. The van der Waals surface area contributed by atoms with Crippen LogP contribution >= 0.6 is 12.4 Å². The fraction of sp³-hybridized carbons (Fsp3) is 0.889. The highest BCUT2D eigenvalue weighted by atomic mass is 35.5. The maximum atomic E-state index is 12.6. The van der Waals surface area contributed by atoms with E-state index in [2.05, 4.69) is 24.5 Å². The van der Waals surface area contributed by atoms with E-state index in [1.807, 2.05) is 4.90 Å². The first-order valence-electron chi connectivity index (χ1n) is 9.38. The molecule has 2 aliphatic heterocycles. The Morgan fingerprint density at radius 3 is 2.62 bits per heavy atom. The van der Waals surface area contributed by atoms with Gasteiger partial charge in [0.25, 0.3) is 0 Å². The lowest BCUT2D eigenvalue weighted by molar-refractivity contribution is -0.136. The number of hydrogen-bond donors (Lipinski definition) is 2. The number of halogens is 1. The topological polar surface area (TPSA) is 61.4 Å². The van der Waals surface area contributed by atoms with Crippen LogP contribution < -0.4 is 10.6 Å². The van der Waals surface area contributed by atoms with E-state index in [0.29, 0.717) is 24.8 Å². The number of nitrogens with zero attached hydrogens (tertiary/aromatic N) is 1. The van der Waals surface area contributed by atoms with Crippen molar-refractivity contribution in [2.45, 2.75) is 52.4 Å². The normalized spacial score (nSPS) is 23.2. The Balaban J connectivity index is 0.00000288. The molecular formula is C18H34ClN3O2. The number of carbonyl (C=O) groups excluding carboxylic acids is 2. The van der Waals surface area contributed by atoms with Gasteiger partial charge in [0.2, 0.25) is 11.8 Å². The highest BCUT2D eigenvalue weighted by Gasteiger charge is 2.30. The number of carbonyl (C=O) groups is 2. The van der Waals surface area contributed by atoms with Crippen molar-refractivity contribution >= 4 is 24.2 Å². The van der Waals surface area contributed by atoms with Crippen molar-refractivity contribution in [3.8, 4) is 0 Å². The van der Waals surface area contributed by atoms with Crippen LogP contribution in [0.4, 0.5) is 0 Å². The van der Waals surface area contributed by atoms with Crippen LogP contribution in [0.3, 0.4) is 0 Å². The first-order chi connectivity index (χ1) is 11.1. The first kappa shape index (κ1) is 21.2. The van der Waals surface area contributed by atoms with E-state index >= 15 is 0 Å². The molecule has 6 heteroatoms. The summed E-state index contributed by atoms with van der Waals surface area (Å²) in [6.07, 6.45) is 5.79. The Labute approximate surface area is 152 Å². The van der Waals surface area contributed by atoms with Crippen LogP contribution in [-0.2, 0) is 9.59 Å². The summed E-state index contributed by atoms with van der Waals surface area (Å²) in [5.74, 6) is 1.45. The fourth-order valence-corrected chi connectivity index (χ4v) is 3.79. The molecule has 2 aliphatic rings. The molecule has 2 fully saturated rings. The average Bonchev–Trinajstić information content (AvgIpc) is 2.60. The summed E-state index contributed by atoms with van der Waals surface area (Å²) >= 11 is 0. The molecule has 2 N–H and O–H groups in total. The molecule has 5 nitrogen and oxygen atoms in total. The second-order valence-corrected chi connectivity index (χ2v) is 7.24. The first-order valence-corrected chi connectivity index (χ1v) is 9.38. The number of hydrogen-bond acceptors (Lipinski definition) is 3. The van der Waals surface area contributed by atoms with Crippen LogP contribution in [0.5, 0.6) is 0 Å². The van der Waals surface area contributed by atoms with Crippen molar-refractivity contribution < 1.29 is 9.59 Å². The number of amides is 2. The van der Waals surface area contributed by atoms with E-state index in [9.17, 15) is 9.59 Å². The molecule has 140 valence electrons. The van der Waals surface area contributed by atoms with Crippen LogP contribution in [-0.4, -0.2) is 49.4 Å². The van der Waals surface area contributed by atoms with E-state index < -0.39 is 0 Å². The number of rotatable bonds is 6. The molecule has 0 spiro atoms. The molecule has 2 unspecified atom stereocenters. The predicted octanol–water partition coefficient (Wildman–Crippen LogP) is 2.20. The Bertz CT molecular complexity index is 400. The largest absolute Gasteiger partial charge is 0.356 e. The molecule has 24 heavy (non-hydrogen) atoms. The third kappa shape index (κ3) is 6.25. The Kier molecular flexibility index (Phi) is 9.67. The van der Waals surface area contributed by atoms with E-state index in [-0.39, 0.29) is 30.1 Å². The summed E-state index contributed by atoms with van der Waals surface area (Å²) in [6.45, 7) is 8.57. The van der Waals surface area contributed by atoms with Gasteiger partial charge in [-0.25, -0.2) is 0 Å². The molecule has 0 aromatic carbocycles. The van der Waals surface area contributed by atoms with Gasteiger partial charge in [-0.1, -0.05) is 13.8 Å². The molecular weight excluding hydrogens is 326 g/mol. The highest BCUT2D eigenvalue weighted by molar-refractivity contribution is 5.85. The summed E-state index contributed by atoms with van der Waals surface area (Å²) in [6, 6.07) is 0. The third-order valence-corrected chi connectivity index (χ3v) is 5.38. The minimum absolute atomic E-state index is 0. The van der Waals surface area contributed by atoms with Crippen molar-refractivity contribution in [2.24, 2.45) is 17.8 Å². The summed E-state index contributed by atoms with van der Waals surface area (Å²) in [5.41, 5.74) is 0. The minimum atomic E-state index is -0.0200. The van der Waals surface area contributed by atoms with Crippen molar-refractivity contribution in [3.63, 3.8) is 0 Å². The number of nitrogens with one attached hydrogen (secondary N) is 2. The van der Waals surface area contributed by atoms with Crippen molar-refractivity contribution in [2.75, 3.05) is 32.7 Å². The van der Waals surface area contributed by atoms with Crippen molar-refractivity contribution in [3.05, 3.63) is 0 Å². The molecule has 0 aliphatic carbocycles. The van der Waals surface area contributed by atoms with E-state index in [0.717, 1.165) is 45.4 Å². The van der Waals surface area contributed by atoms with E-state index in [1.54, 1.807) is 0 Å². The summed E-state index contributed by atoms with van der Waals surface area (Å²) < 4.78 is 0. The van der Waals surface area contributed by atoms with Gasteiger partial charge in [0.15, 0.2) is 0 Å². The third-order valence-electron chi connectivity index (χ3n) is 5.38. The zero-order valence-corrected chi connectivity index (χ0v) is 16.0. The van der Waals surface area contributed by atoms with Gasteiger partial charge in [0, 0.05) is 26.1 Å². The second kappa shape index (κ2) is 10.9. The quantitative estimate of drug-likeness (QED) is 0.764. The van der Waals surface area contributed by atoms with E-state index in [4.69, 9.17) is 0 Å². The lowest BCUT2D eigenvalue weighted by Crippen LogP contribution is -2.46. The van der Waals surface area contributed by atoms with Crippen molar-refractivity contribution in [1.82, 2.24) is 15.5 Å². The molecule has 0 aromatic rings. The van der Waals surface area contributed by atoms with Crippen LogP contribution in [0.15, 0.2) is 0 Å². The Morgan fingerprint density at radius 1 is 1.25 bits per heavy atom. The van der Waals surface area contributed by atoms with Gasteiger partial charge in [-0.3, -0.25) is 9.59 Å². The minimum Gasteiger partial charge on any atom is -0.356 e. The van der Waals surface area contributed by atoms with Gasteiger partial charge >= 0.3 is 0 Å². The average molecular weight is 360 g/mol. The highest BCUT2D eigenvalue weighted by Crippen LogP contribution is 2.26. The van der Waals surface area contributed by atoms with Gasteiger partial charge in [0.05, 0.1) is 5.92 Å². The molecule has 2 heterocycles. The van der Waals surface area contributed by atoms with Crippen LogP contribution in [0, 0.1) is 17.8 Å². The number of piperidine rings is 2. The van der Waals surface area contributed by atoms with Crippen LogP contribution in [0.1, 0.15) is 52.4 Å². The molecule has 0 radical (unpaired) electrons. The van der Waals surface area contributed by atoms with Gasteiger partial charge < -0.3 is 15.5 Å². The molecule has 0 saturated carbocycles. The zero-order valence-electron chi connectivity index (χ0n) is 15.2. The van der Waals surface area contributed by atoms with Crippen molar-refractivity contribution in [1.29, 1.82) is 0 Å². The zero-order chi connectivity index (χ0) is 16.7. The van der Waals surface area contributed by atoms with Gasteiger partial charge in [-0.15, -0.1) is 12.4 Å². The molecule has 0 bridgehead atoms. The fourth-order valence-electron chi connectivity index (χ4n) is 3.79. The summed E-state index contributed by atoms with van der Waals surface area (Å²) in [4.78, 5) is 26.7. The Hall–Kier alpha value is -0.810. The van der Waals surface area contributed by atoms with E-state index in [1.165, 1.54) is 12.8 Å². The molecule has 2 amide bonds. The molecule has 2 saturated heterocycles. The van der Waals surface area contributed by atoms with Gasteiger partial charge in [-0.05, 0) is 57.0 Å². The Morgan fingerprint density at radius 2 is 1.96 bits per heavy atom. The monoisotopic (exact) mass is 359 g/mol.